The van der Waals surface area contributed by atoms with Crippen molar-refractivity contribution in [3.05, 3.63) is 81.0 Å². The summed E-state index contributed by atoms with van der Waals surface area (Å²) in [5, 5.41) is 9.15. The van der Waals surface area contributed by atoms with Crippen molar-refractivity contribution in [2.24, 2.45) is 0 Å². The Labute approximate surface area is 203 Å². The quantitative estimate of drug-likeness (QED) is 0.284. The number of nitrogens with two attached hydrogens (primary N) is 1. The first-order valence-electron chi connectivity index (χ1n) is 10.9. The summed E-state index contributed by atoms with van der Waals surface area (Å²) in [7, 11) is 1.58. The highest BCUT2D eigenvalue weighted by atomic mass is 32.2. The van der Waals surface area contributed by atoms with Crippen LogP contribution in [-0.2, 0) is 0 Å². The molecule has 3 N–H and O–H groups in total. The molecule has 0 spiro atoms. The van der Waals surface area contributed by atoms with Gasteiger partial charge in [-0.1, -0.05) is 42.1 Å². The van der Waals surface area contributed by atoms with E-state index in [1.165, 1.54) is 4.57 Å². The van der Waals surface area contributed by atoms with Crippen LogP contribution in [-0.4, -0.2) is 43.0 Å². The molecule has 2 heterocycles. The number of ether oxygens (including phenoxy) is 1. The number of aromatic amines is 1. The van der Waals surface area contributed by atoms with Gasteiger partial charge in [0.15, 0.2) is 16.8 Å². The monoisotopic (exact) mass is 490 g/mol. The van der Waals surface area contributed by atoms with Crippen LogP contribution in [0.5, 0.6) is 5.75 Å². The molecule has 2 aromatic carbocycles. The van der Waals surface area contributed by atoms with Crippen LogP contribution in [0.3, 0.4) is 0 Å². The predicted octanol–water partition coefficient (Wildman–Crippen LogP) is 2.69. The molecule has 10 nitrogen and oxygen atoms in total. The number of Topliss-reactive ketones (excluding diaryl/α,β-unsaturated/α-hetero) is 1. The van der Waals surface area contributed by atoms with Crippen molar-refractivity contribution in [2.45, 2.75) is 24.0 Å². The summed E-state index contributed by atoms with van der Waals surface area (Å²) in [6.07, 6.45) is 1.56. The SMILES string of the molecule is COc1ccccc1-c1nnc(SCC(=O)c2c(N)n(C3CC3)c(=O)[nH]c2=O)n1-c1ccccc1. The Hall–Kier alpha value is -4.12. The largest absolute Gasteiger partial charge is 0.496 e. The Morgan fingerprint density at radius 3 is 2.54 bits per heavy atom. The molecule has 0 atom stereocenters. The fourth-order valence-corrected chi connectivity index (χ4v) is 4.73. The molecule has 0 saturated heterocycles. The number of hydrogen-bond donors (Lipinski definition) is 2. The molecular formula is C24H22N6O4S. The van der Waals surface area contributed by atoms with Gasteiger partial charge in [-0.15, -0.1) is 10.2 Å². The smallest absolute Gasteiger partial charge is 0.330 e. The van der Waals surface area contributed by atoms with Gasteiger partial charge in [-0.25, -0.2) is 4.79 Å². The van der Waals surface area contributed by atoms with Crippen molar-refractivity contribution in [3.8, 4) is 22.8 Å². The van der Waals surface area contributed by atoms with E-state index in [1.807, 2.05) is 59.2 Å². The summed E-state index contributed by atoms with van der Waals surface area (Å²) < 4.78 is 8.63. The van der Waals surface area contributed by atoms with Gasteiger partial charge in [0.25, 0.3) is 5.56 Å². The second-order valence-corrected chi connectivity index (χ2v) is 8.95. The molecule has 0 unspecified atom stereocenters. The zero-order valence-electron chi connectivity index (χ0n) is 18.8. The van der Waals surface area contributed by atoms with Gasteiger partial charge in [-0.05, 0) is 37.1 Å². The van der Waals surface area contributed by atoms with Crippen molar-refractivity contribution in [1.29, 1.82) is 0 Å². The average Bonchev–Trinajstić information content (AvgIpc) is 3.60. The lowest BCUT2D eigenvalue weighted by Crippen LogP contribution is -2.36. The Balaban J connectivity index is 1.51. The third-order valence-corrected chi connectivity index (χ3v) is 6.63. The Bertz CT molecular complexity index is 1520. The Morgan fingerprint density at radius 2 is 1.83 bits per heavy atom. The van der Waals surface area contributed by atoms with Crippen LogP contribution in [0.2, 0.25) is 0 Å². The average molecular weight is 491 g/mol. The number of carbonyl (C=O) groups is 1. The predicted molar refractivity (Wildman–Crippen MR) is 132 cm³/mol. The minimum atomic E-state index is -0.783. The van der Waals surface area contributed by atoms with E-state index in [9.17, 15) is 14.4 Å². The topological polar surface area (TPSA) is 138 Å². The highest BCUT2D eigenvalue weighted by molar-refractivity contribution is 7.99. The Kier molecular flexibility index (Phi) is 6.00. The van der Waals surface area contributed by atoms with Crippen molar-refractivity contribution in [1.82, 2.24) is 24.3 Å². The van der Waals surface area contributed by atoms with Gasteiger partial charge < -0.3 is 10.5 Å². The van der Waals surface area contributed by atoms with Gasteiger partial charge >= 0.3 is 5.69 Å². The number of H-pyrrole nitrogens is 1. The minimum Gasteiger partial charge on any atom is -0.496 e. The normalized spacial score (nSPS) is 13.1. The molecule has 1 saturated carbocycles. The number of rotatable bonds is 8. The molecule has 0 radical (unpaired) electrons. The number of methoxy groups -OCH3 is 1. The standard InChI is InChI=1S/C24H22N6O4S/c1-34-18-10-6-5-9-16(18)21-27-28-24(30(21)14-7-3-2-4-8-14)35-13-17(31)19-20(25)29(15-11-12-15)23(33)26-22(19)32/h2-10,15H,11-13,25H2,1H3,(H,26,32,33). The number of ketones is 1. The molecule has 1 aliphatic carbocycles. The van der Waals surface area contributed by atoms with Crippen LogP contribution in [0.15, 0.2) is 69.3 Å². The number of hydrogen-bond acceptors (Lipinski definition) is 8. The molecular weight excluding hydrogens is 468 g/mol. The second kappa shape index (κ2) is 9.26. The molecule has 0 amide bonds. The van der Waals surface area contributed by atoms with Gasteiger partial charge in [-0.2, -0.15) is 0 Å². The lowest BCUT2D eigenvalue weighted by Gasteiger charge is -2.13. The highest BCUT2D eigenvalue weighted by Crippen LogP contribution is 2.36. The van der Waals surface area contributed by atoms with Crippen LogP contribution in [0.1, 0.15) is 29.2 Å². The third kappa shape index (κ3) is 4.26. The van der Waals surface area contributed by atoms with Crippen molar-refractivity contribution < 1.29 is 9.53 Å². The molecule has 4 aromatic rings. The maximum absolute atomic E-state index is 13.1. The van der Waals surface area contributed by atoms with Crippen LogP contribution < -0.4 is 21.7 Å². The summed E-state index contributed by atoms with van der Waals surface area (Å²) >= 11 is 1.13. The number of carbonyl (C=O) groups excluding carboxylic acids is 1. The van der Waals surface area contributed by atoms with Crippen molar-refractivity contribution in [3.63, 3.8) is 0 Å². The number of nitrogens with zero attached hydrogens (tertiary/aromatic N) is 4. The van der Waals surface area contributed by atoms with E-state index in [2.05, 4.69) is 15.2 Å². The zero-order chi connectivity index (χ0) is 24.5. The minimum absolute atomic E-state index is 0.0804. The van der Waals surface area contributed by atoms with Crippen LogP contribution in [0.25, 0.3) is 17.1 Å². The maximum atomic E-state index is 13.1. The molecule has 178 valence electrons. The first-order valence-corrected chi connectivity index (χ1v) is 11.9. The highest BCUT2D eigenvalue weighted by Gasteiger charge is 2.30. The van der Waals surface area contributed by atoms with E-state index in [1.54, 1.807) is 7.11 Å². The third-order valence-electron chi connectivity index (χ3n) is 5.70. The summed E-state index contributed by atoms with van der Waals surface area (Å²) in [5.41, 5.74) is 6.05. The molecule has 0 aliphatic heterocycles. The fraction of sp³-hybridized carbons (Fsp3) is 0.208. The second-order valence-electron chi connectivity index (χ2n) is 8.01. The first kappa shape index (κ1) is 22.7. The van der Waals surface area contributed by atoms with E-state index >= 15 is 0 Å². The number of benzene rings is 2. The lowest BCUT2D eigenvalue weighted by atomic mass is 10.2. The summed E-state index contributed by atoms with van der Waals surface area (Å²) in [5.74, 6) is 0.470. The lowest BCUT2D eigenvalue weighted by molar-refractivity contribution is 0.102. The number of aromatic nitrogens is 5. The van der Waals surface area contributed by atoms with Gasteiger partial charge in [-0.3, -0.25) is 23.7 Å². The van der Waals surface area contributed by atoms with Gasteiger partial charge in [0.1, 0.15) is 17.1 Å². The summed E-state index contributed by atoms with van der Waals surface area (Å²) in [4.78, 5) is 39.9. The van der Waals surface area contributed by atoms with Crippen LogP contribution in [0.4, 0.5) is 5.82 Å². The molecule has 1 fully saturated rings. The molecule has 11 heteroatoms. The van der Waals surface area contributed by atoms with Crippen LogP contribution in [0, 0.1) is 0 Å². The van der Waals surface area contributed by atoms with E-state index in [4.69, 9.17) is 10.5 Å². The number of nitrogen functional groups attached to an aromatic ring is 1. The molecule has 0 bridgehead atoms. The van der Waals surface area contributed by atoms with Crippen molar-refractivity contribution >= 4 is 23.4 Å². The van der Waals surface area contributed by atoms with E-state index < -0.39 is 17.0 Å². The number of nitrogens with one attached hydrogen (secondary N) is 1. The summed E-state index contributed by atoms with van der Waals surface area (Å²) in [6, 6.07) is 16.9. The van der Waals surface area contributed by atoms with Gasteiger partial charge in [0.2, 0.25) is 0 Å². The number of thioether (sulfide) groups is 1. The molecule has 5 rings (SSSR count). The van der Waals surface area contributed by atoms with E-state index in [-0.39, 0.29) is 23.2 Å². The van der Waals surface area contributed by atoms with E-state index in [0.29, 0.717) is 16.7 Å². The summed E-state index contributed by atoms with van der Waals surface area (Å²) in [6.45, 7) is 0. The number of para-hydroxylation sites is 2. The Morgan fingerprint density at radius 1 is 1.11 bits per heavy atom. The molecule has 35 heavy (non-hydrogen) atoms. The van der Waals surface area contributed by atoms with Crippen LogP contribution >= 0.6 is 11.8 Å². The van der Waals surface area contributed by atoms with E-state index in [0.717, 1.165) is 35.9 Å². The fourth-order valence-electron chi connectivity index (χ4n) is 3.91. The van der Waals surface area contributed by atoms with Gasteiger partial charge in [0, 0.05) is 11.7 Å². The molecule has 1 aliphatic rings. The molecule has 2 aromatic heterocycles. The number of anilines is 1. The maximum Gasteiger partial charge on any atom is 0.330 e. The van der Waals surface area contributed by atoms with Crippen molar-refractivity contribution in [2.75, 3.05) is 18.6 Å². The van der Waals surface area contributed by atoms with Gasteiger partial charge in [0.05, 0.1) is 18.4 Å². The zero-order valence-corrected chi connectivity index (χ0v) is 19.6. The first-order chi connectivity index (χ1) is 17.0.